The van der Waals surface area contributed by atoms with E-state index in [9.17, 15) is 4.79 Å². The van der Waals surface area contributed by atoms with Crippen molar-refractivity contribution >= 4 is 44.1 Å². The molecule has 3 rings (SSSR count). The number of amides is 1. The average Bonchev–Trinajstić information content (AvgIpc) is 2.84. The number of carbonyl (C=O) groups excluding carboxylic acids is 1. The number of nitrogens with two attached hydrogens (primary N) is 1. The summed E-state index contributed by atoms with van der Waals surface area (Å²) in [4.78, 5) is 20.6. The molecule has 2 aromatic heterocycles. The zero-order valence-electron chi connectivity index (χ0n) is 13.9. The minimum Gasteiger partial charge on any atom is -0.397 e. The standard InChI is InChI=1S/C18H21N3OS/c1-5-21(6-2)18(22)16-15(19)13-9-12-7-10(3)11(4)8-14(12)20-17(13)23-16/h7-9H,5-6,19H2,1-4H3. The smallest absolute Gasteiger partial charge is 0.266 e. The van der Waals surface area contributed by atoms with Crippen molar-refractivity contribution in [3.8, 4) is 0 Å². The number of rotatable bonds is 3. The van der Waals surface area contributed by atoms with Gasteiger partial charge in [-0.25, -0.2) is 4.98 Å². The number of hydrogen-bond acceptors (Lipinski definition) is 4. The van der Waals surface area contributed by atoms with Crippen molar-refractivity contribution in [2.24, 2.45) is 0 Å². The molecule has 23 heavy (non-hydrogen) atoms. The van der Waals surface area contributed by atoms with E-state index in [1.807, 2.05) is 13.8 Å². The Morgan fingerprint density at radius 1 is 1.17 bits per heavy atom. The molecule has 5 heteroatoms. The highest BCUT2D eigenvalue weighted by molar-refractivity contribution is 7.21. The first-order valence-electron chi connectivity index (χ1n) is 7.85. The second-order valence-electron chi connectivity index (χ2n) is 5.79. The summed E-state index contributed by atoms with van der Waals surface area (Å²) in [5.41, 5.74) is 10.2. The molecule has 2 N–H and O–H groups in total. The third kappa shape index (κ3) is 2.55. The Kier molecular flexibility index (Phi) is 3.98. The van der Waals surface area contributed by atoms with Gasteiger partial charge < -0.3 is 10.6 Å². The van der Waals surface area contributed by atoms with Crippen molar-refractivity contribution in [2.75, 3.05) is 18.8 Å². The number of aryl methyl sites for hydroxylation is 2. The lowest BCUT2D eigenvalue weighted by Gasteiger charge is -2.17. The first-order chi connectivity index (χ1) is 11.0. The van der Waals surface area contributed by atoms with Gasteiger partial charge in [-0.2, -0.15) is 0 Å². The number of anilines is 1. The van der Waals surface area contributed by atoms with Crippen LogP contribution in [0, 0.1) is 13.8 Å². The molecule has 0 fully saturated rings. The Morgan fingerprint density at radius 3 is 2.48 bits per heavy atom. The third-order valence-corrected chi connectivity index (χ3v) is 5.48. The van der Waals surface area contributed by atoms with E-state index < -0.39 is 0 Å². The zero-order chi connectivity index (χ0) is 16.7. The number of nitrogens with zero attached hydrogens (tertiary/aromatic N) is 2. The molecule has 0 aliphatic heterocycles. The number of nitrogen functional groups attached to an aromatic ring is 1. The summed E-state index contributed by atoms with van der Waals surface area (Å²) in [6.07, 6.45) is 0. The van der Waals surface area contributed by atoms with Gasteiger partial charge in [-0.3, -0.25) is 4.79 Å². The van der Waals surface area contributed by atoms with Gasteiger partial charge in [0.2, 0.25) is 0 Å². The maximum atomic E-state index is 12.6. The number of benzene rings is 1. The molecule has 0 radical (unpaired) electrons. The fourth-order valence-electron chi connectivity index (χ4n) is 2.78. The number of fused-ring (bicyclic) bond motifs is 2. The lowest BCUT2D eigenvalue weighted by atomic mass is 10.1. The van der Waals surface area contributed by atoms with E-state index in [-0.39, 0.29) is 5.91 Å². The second kappa shape index (κ2) is 5.81. The highest BCUT2D eigenvalue weighted by atomic mass is 32.1. The molecular weight excluding hydrogens is 306 g/mol. The lowest BCUT2D eigenvalue weighted by Crippen LogP contribution is -2.30. The van der Waals surface area contributed by atoms with Crippen molar-refractivity contribution in [3.05, 3.63) is 34.2 Å². The summed E-state index contributed by atoms with van der Waals surface area (Å²) in [5, 5.41) is 1.94. The van der Waals surface area contributed by atoms with Crippen LogP contribution >= 0.6 is 11.3 Å². The SMILES string of the molecule is CCN(CC)C(=O)c1sc2nc3cc(C)c(C)cc3cc2c1N. The van der Waals surface area contributed by atoms with Gasteiger partial charge >= 0.3 is 0 Å². The fraction of sp³-hybridized carbons (Fsp3) is 0.333. The summed E-state index contributed by atoms with van der Waals surface area (Å²) < 4.78 is 0. The molecule has 0 spiro atoms. The van der Waals surface area contributed by atoms with Crippen LogP contribution in [0.2, 0.25) is 0 Å². The van der Waals surface area contributed by atoms with E-state index in [2.05, 4.69) is 32.0 Å². The Morgan fingerprint density at radius 2 is 1.83 bits per heavy atom. The van der Waals surface area contributed by atoms with E-state index in [1.54, 1.807) is 4.90 Å². The maximum absolute atomic E-state index is 12.6. The molecule has 1 amide bonds. The summed E-state index contributed by atoms with van der Waals surface area (Å²) >= 11 is 1.39. The quantitative estimate of drug-likeness (QED) is 0.787. The molecule has 0 bridgehead atoms. The van der Waals surface area contributed by atoms with Crippen molar-refractivity contribution in [2.45, 2.75) is 27.7 Å². The number of aromatic nitrogens is 1. The first-order valence-corrected chi connectivity index (χ1v) is 8.67. The van der Waals surface area contributed by atoms with Crippen molar-refractivity contribution in [3.63, 3.8) is 0 Å². The van der Waals surface area contributed by atoms with Gasteiger partial charge in [0.25, 0.3) is 5.91 Å². The number of hydrogen-bond donors (Lipinski definition) is 1. The van der Waals surface area contributed by atoms with Gasteiger partial charge in [-0.05, 0) is 57.0 Å². The van der Waals surface area contributed by atoms with Gasteiger partial charge in [0.15, 0.2) is 0 Å². The van der Waals surface area contributed by atoms with Gasteiger partial charge in [-0.1, -0.05) is 0 Å². The van der Waals surface area contributed by atoms with E-state index >= 15 is 0 Å². The highest BCUT2D eigenvalue weighted by Gasteiger charge is 2.21. The van der Waals surface area contributed by atoms with E-state index in [0.717, 1.165) is 21.1 Å². The molecule has 0 unspecified atom stereocenters. The molecule has 0 aliphatic rings. The molecular formula is C18H21N3OS. The Balaban J connectivity index is 2.21. The molecule has 0 aliphatic carbocycles. The van der Waals surface area contributed by atoms with Crippen LogP contribution in [0.1, 0.15) is 34.6 Å². The van der Waals surface area contributed by atoms with Crippen LogP contribution in [-0.4, -0.2) is 28.9 Å². The largest absolute Gasteiger partial charge is 0.397 e. The minimum atomic E-state index is -0.00748. The van der Waals surface area contributed by atoms with Gasteiger partial charge in [-0.15, -0.1) is 11.3 Å². The van der Waals surface area contributed by atoms with Crippen LogP contribution in [0.3, 0.4) is 0 Å². The van der Waals surface area contributed by atoms with E-state index in [4.69, 9.17) is 10.7 Å². The molecule has 2 heterocycles. The van der Waals surface area contributed by atoms with Crippen LogP contribution in [0.5, 0.6) is 0 Å². The molecule has 0 saturated heterocycles. The topological polar surface area (TPSA) is 59.2 Å². The maximum Gasteiger partial charge on any atom is 0.266 e. The molecule has 0 saturated carbocycles. The van der Waals surface area contributed by atoms with E-state index in [0.29, 0.717) is 23.7 Å². The monoisotopic (exact) mass is 327 g/mol. The zero-order valence-corrected chi connectivity index (χ0v) is 14.8. The average molecular weight is 327 g/mol. The fourth-order valence-corrected chi connectivity index (χ4v) is 3.83. The summed E-state index contributed by atoms with van der Waals surface area (Å²) in [6, 6.07) is 6.26. The van der Waals surface area contributed by atoms with Crippen LogP contribution in [-0.2, 0) is 0 Å². The molecule has 1 aromatic carbocycles. The number of pyridine rings is 1. The van der Waals surface area contributed by atoms with Gasteiger partial charge in [0, 0.05) is 23.9 Å². The molecule has 4 nitrogen and oxygen atoms in total. The molecule has 120 valence electrons. The third-order valence-electron chi connectivity index (χ3n) is 4.37. The van der Waals surface area contributed by atoms with Crippen LogP contribution in [0.15, 0.2) is 18.2 Å². The molecule has 3 aromatic rings. The van der Waals surface area contributed by atoms with Gasteiger partial charge in [0.05, 0.1) is 11.2 Å². The number of thiophene rings is 1. The predicted octanol–water partition coefficient (Wildman–Crippen LogP) is 4.13. The van der Waals surface area contributed by atoms with Gasteiger partial charge in [0.1, 0.15) is 9.71 Å². The van der Waals surface area contributed by atoms with Crippen molar-refractivity contribution in [1.29, 1.82) is 0 Å². The summed E-state index contributed by atoms with van der Waals surface area (Å²) in [5.74, 6) is -0.00748. The Labute approximate surface area is 139 Å². The van der Waals surface area contributed by atoms with Crippen LogP contribution in [0.4, 0.5) is 5.69 Å². The molecule has 0 atom stereocenters. The normalized spacial score (nSPS) is 11.3. The number of carbonyl (C=O) groups is 1. The van der Waals surface area contributed by atoms with Crippen molar-refractivity contribution < 1.29 is 4.79 Å². The first kappa shape index (κ1) is 15.7. The summed E-state index contributed by atoms with van der Waals surface area (Å²) in [7, 11) is 0. The minimum absolute atomic E-state index is 0.00748. The predicted molar refractivity (Wildman–Crippen MR) is 98.3 cm³/mol. The van der Waals surface area contributed by atoms with E-state index in [1.165, 1.54) is 22.5 Å². The Bertz CT molecular complexity index is 910. The lowest BCUT2D eigenvalue weighted by molar-refractivity contribution is 0.0779. The summed E-state index contributed by atoms with van der Waals surface area (Å²) in [6.45, 7) is 9.48. The highest BCUT2D eigenvalue weighted by Crippen LogP contribution is 2.35. The van der Waals surface area contributed by atoms with Crippen LogP contribution < -0.4 is 5.73 Å². The second-order valence-corrected chi connectivity index (χ2v) is 6.79. The Hall–Kier alpha value is -2.14. The van der Waals surface area contributed by atoms with Crippen LogP contribution in [0.25, 0.3) is 21.1 Å². The van der Waals surface area contributed by atoms with Crippen molar-refractivity contribution in [1.82, 2.24) is 9.88 Å².